The first-order chi connectivity index (χ1) is 29.4. The molecule has 0 amide bonds. The lowest BCUT2D eigenvalue weighted by molar-refractivity contribution is -0.146. The Morgan fingerprint density at radius 1 is 0.500 bits per heavy atom. The van der Waals surface area contributed by atoms with Gasteiger partial charge in [0.05, 0.1) is 36.9 Å². The Kier molecular flexibility index (Phi) is 12.3. The van der Waals surface area contributed by atoms with E-state index in [0.717, 1.165) is 66.1 Å². The molecule has 0 aliphatic heterocycles. The fourth-order valence-electron chi connectivity index (χ4n) is 7.70. The van der Waals surface area contributed by atoms with Crippen LogP contribution in [-0.2, 0) is 32.2 Å². The molecule has 60 heavy (non-hydrogen) atoms. The number of benzene rings is 6. The smallest absolute Gasteiger partial charge is 0.305 e. The van der Waals surface area contributed by atoms with Crippen LogP contribution in [0.4, 0.5) is 11.4 Å². The second-order valence-electron chi connectivity index (χ2n) is 14.7. The molecule has 0 N–H and O–H groups in total. The summed E-state index contributed by atoms with van der Waals surface area (Å²) < 4.78 is 15.7. The third-order valence-electron chi connectivity index (χ3n) is 10.8. The second kappa shape index (κ2) is 18.6. The molecule has 0 aliphatic rings. The number of ether oxygens (including phenoxy) is 2. The van der Waals surface area contributed by atoms with E-state index in [2.05, 4.69) is 80.0 Å². The van der Waals surface area contributed by atoms with Gasteiger partial charge in [-0.05, 0) is 84.6 Å². The van der Waals surface area contributed by atoms with E-state index in [9.17, 15) is 9.59 Å². The Morgan fingerprint density at radius 3 is 1.32 bits per heavy atom. The van der Waals surface area contributed by atoms with Crippen LogP contribution in [0.1, 0.15) is 36.8 Å². The predicted octanol–water partition coefficient (Wildman–Crippen LogP) is 10.2. The predicted molar refractivity (Wildman–Crippen MR) is 244 cm³/mol. The Hall–Kier alpha value is -7.20. The van der Waals surface area contributed by atoms with E-state index in [1.165, 1.54) is 0 Å². The van der Waals surface area contributed by atoms with Crippen LogP contribution in [0.2, 0.25) is 0 Å². The van der Waals surface area contributed by atoms with Crippen LogP contribution in [0, 0.1) is 0 Å². The van der Waals surface area contributed by atoms with Gasteiger partial charge in [-0.3, -0.25) is 19.6 Å². The number of hydrazone groups is 2. The normalized spacial score (nSPS) is 11.7. The number of nitrogens with zero attached hydrogens (tertiary/aromatic N) is 6. The minimum absolute atomic E-state index is 0.247. The molecule has 0 radical (unpaired) electrons. The van der Waals surface area contributed by atoms with Crippen molar-refractivity contribution in [3.05, 3.63) is 157 Å². The Bertz CT molecular complexity index is 2620. The van der Waals surface area contributed by atoms with Crippen LogP contribution in [0.25, 0.3) is 43.6 Å². The molecule has 0 unspecified atom stereocenters. The fourth-order valence-corrected chi connectivity index (χ4v) is 7.70. The first-order valence-electron chi connectivity index (χ1n) is 20.4. The number of aromatic nitrogens is 2. The molecule has 302 valence electrons. The van der Waals surface area contributed by atoms with E-state index in [4.69, 9.17) is 9.47 Å². The van der Waals surface area contributed by atoms with Gasteiger partial charge in [-0.2, -0.15) is 10.2 Å². The molecule has 0 bridgehead atoms. The van der Waals surface area contributed by atoms with Crippen LogP contribution >= 0.6 is 0 Å². The van der Waals surface area contributed by atoms with Crippen molar-refractivity contribution >= 4 is 79.4 Å². The topological polar surface area (TPSA) is 93.7 Å². The number of carbonyl (C=O) groups is 2. The van der Waals surface area contributed by atoms with Crippen LogP contribution in [0.3, 0.4) is 0 Å². The summed E-state index contributed by atoms with van der Waals surface area (Å²) in [5.74, 6) is -0.539. The average Bonchev–Trinajstić information content (AvgIpc) is 3.78. The van der Waals surface area contributed by atoms with Gasteiger partial charge in [0, 0.05) is 70.5 Å². The van der Waals surface area contributed by atoms with Crippen molar-refractivity contribution in [2.24, 2.45) is 10.2 Å². The first-order valence-corrected chi connectivity index (χ1v) is 20.4. The maximum Gasteiger partial charge on any atom is 0.305 e. The molecule has 0 saturated carbocycles. The number of esters is 2. The largest absolute Gasteiger partial charge is 0.464 e. The molecule has 6 aromatic carbocycles. The zero-order chi connectivity index (χ0) is 41.3. The first kappa shape index (κ1) is 39.6. The SMILES string of the molecule is CN(N=Cc1ccc2c(c1)c1ccccc1n2CCOC(=O)CCCCC(=O)OCCn1c2ccccc2c2cc(C=NN(C)c3ccccc3)ccc21)c1ccccc1. The van der Waals surface area contributed by atoms with E-state index in [1.54, 1.807) is 0 Å². The molecule has 2 aromatic heterocycles. The van der Waals surface area contributed by atoms with Gasteiger partial charge in [0.2, 0.25) is 0 Å². The molecule has 8 aromatic rings. The number of hydrogen-bond acceptors (Lipinski definition) is 8. The lowest BCUT2D eigenvalue weighted by Crippen LogP contribution is -2.12. The van der Waals surface area contributed by atoms with E-state index in [0.29, 0.717) is 25.9 Å². The van der Waals surface area contributed by atoms with Crippen molar-refractivity contribution < 1.29 is 19.1 Å². The van der Waals surface area contributed by atoms with E-state index < -0.39 is 0 Å². The van der Waals surface area contributed by atoms with Gasteiger partial charge in [-0.25, -0.2) is 0 Å². The van der Waals surface area contributed by atoms with Gasteiger partial charge in [0.1, 0.15) is 13.2 Å². The molecule has 0 fully saturated rings. The molecule has 0 aliphatic carbocycles. The highest BCUT2D eigenvalue weighted by atomic mass is 16.5. The summed E-state index contributed by atoms with van der Waals surface area (Å²) in [5.41, 5.74) is 8.32. The van der Waals surface area contributed by atoms with Gasteiger partial charge in [0.15, 0.2) is 0 Å². The molecule has 0 spiro atoms. The van der Waals surface area contributed by atoms with E-state index >= 15 is 0 Å². The summed E-state index contributed by atoms with van der Waals surface area (Å²) in [6, 6.07) is 49.2. The summed E-state index contributed by atoms with van der Waals surface area (Å²) in [6.07, 6.45) is 5.33. The lowest BCUT2D eigenvalue weighted by Gasteiger charge is -2.12. The molecular formula is C50H48N6O4. The van der Waals surface area contributed by atoms with Crippen molar-refractivity contribution in [1.82, 2.24) is 9.13 Å². The molecule has 0 atom stereocenters. The standard InChI is InChI=1S/C50H48N6O4/c1-53(39-15-5-3-6-16-39)51-35-37-25-27-47-43(33-37)41-19-9-11-21-45(41)55(47)29-31-59-49(57)23-13-14-24-50(58)60-32-30-56-46-22-12-10-20-42(46)44-34-38(26-28-48(44)56)36-52-54(2)40-17-7-4-8-18-40/h3-12,15-22,25-28,33-36H,13-14,23-24,29-32H2,1-2H3. The maximum absolute atomic E-state index is 12.7. The number of anilines is 2. The Balaban J connectivity index is 0.794. The number of carbonyl (C=O) groups excluding carboxylic acids is 2. The molecule has 8 rings (SSSR count). The monoisotopic (exact) mass is 796 g/mol. The molecule has 0 saturated heterocycles. The third kappa shape index (κ3) is 9.08. The van der Waals surface area contributed by atoms with Crippen molar-refractivity contribution in [3.8, 4) is 0 Å². The molecule has 10 heteroatoms. The Labute approximate surface area is 349 Å². The van der Waals surface area contributed by atoms with Gasteiger partial charge >= 0.3 is 11.9 Å². The number of unbranched alkanes of at least 4 members (excludes halogenated alkanes) is 1. The summed E-state index contributed by atoms with van der Waals surface area (Å²) in [5, 5.41) is 17.5. The average molecular weight is 797 g/mol. The zero-order valence-electron chi connectivity index (χ0n) is 34.0. The third-order valence-corrected chi connectivity index (χ3v) is 10.8. The maximum atomic E-state index is 12.7. The van der Waals surface area contributed by atoms with Crippen LogP contribution in [0.15, 0.2) is 156 Å². The minimum atomic E-state index is -0.269. The van der Waals surface area contributed by atoms with Gasteiger partial charge in [0.25, 0.3) is 0 Å². The number of para-hydroxylation sites is 4. The summed E-state index contributed by atoms with van der Waals surface area (Å²) in [4.78, 5) is 25.4. The quantitative estimate of drug-likeness (QED) is 0.0394. The molecule has 10 nitrogen and oxygen atoms in total. The van der Waals surface area contributed by atoms with Crippen LogP contribution in [-0.4, -0.2) is 60.8 Å². The summed E-state index contributed by atoms with van der Waals surface area (Å²) in [7, 11) is 3.86. The zero-order valence-corrected chi connectivity index (χ0v) is 34.0. The van der Waals surface area contributed by atoms with E-state index in [-0.39, 0.29) is 38.0 Å². The van der Waals surface area contributed by atoms with Gasteiger partial charge < -0.3 is 18.6 Å². The van der Waals surface area contributed by atoms with Crippen LogP contribution < -0.4 is 10.0 Å². The van der Waals surface area contributed by atoms with Crippen molar-refractivity contribution in [2.75, 3.05) is 37.3 Å². The van der Waals surface area contributed by atoms with Gasteiger partial charge in [-0.15, -0.1) is 0 Å². The van der Waals surface area contributed by atoms with Crippen LogP contribution in [0.5, 0.6) is 0 Å². The summed E-state index contributed by atoms with van der Waals surface area (Å²) >= 11 is 0. The highest BCUT2D eigenvalue weighted by Gasteiger charge is 2.14. The summed E-state index contributed by atoms with van der Waals surface area (Å²) in [6.45, 7) is 1.56. The number of hydrogen-bond donors (Lipinski definition) is 0. The van der Waals surface area contributed by atoms with E-state index in [1.807, 2.05) is 121 Å². The highest BCUT2D eigenvalue weighted by molar-refractivity contribution is 6.10. The van der Waals surface area contributed by atoms with Crippen molar-refractivity contribution in [3.63, 3.8) is 0 Å². The molecule has 2 heterocycles. The highest BCUT2D eigenvalue weighted by Crippen LogP contribution is 2.31. The number of fused-ring (bicyclic) bond motifs is 6. The van der Waals surface area contributed by atoms with Crippen molar-refractivity contribution in [2.45, 2.75) is 38.8 Å². The molecular weight excluding hydrogens is 749 g/mol. The van der Waals surface area contributed by atoms with Gasteiger partial charge in [-0.1, -0.05) is 84.9 Å². The lowest BCUT2D eigenvalue weighted by atomic mass is 10.1. The number of rotatable bonds is 17. The fraction of sp³-hybridized carbons (Fsp3) is 0.200. The van der Waals surface area contributed by atoms with Crippen molar-refractivity contribution in [1.29, 1.82) is 0 Å². The second-order valence-corrected chi connectivity index (χ2v) is 14.7. The minimum Gasteiger partial charge on any atom is -0.464 e. The Morgan fingerprint density at radius 2 is 0.883 bits per heavy atom.